The Morgan fingerprint density at radius 3 is 2.67 bits per heavy atom. The molecule has 0 unspecified atom stereocenters. The number of hydrogen-bond donors (Lipinski definition) is 0. The first-order chi connectivity index (χ1) is 11.3. The molecule has 0 aromatic carbocycles. The predicted octanol–water partition coefficient (Wildman–Crippen LogP) is 1.31. The minimum Gasteiger partial charge on any atom is -0.340 e. The third kappa shape index (κ3) is 2.75. The monoisotopic (exact) mass is 354 g/mol. The molecule has 1 spiro atoms. The zero-order valence-corrected chi connectivity index (χ0v) is 15.4. The van der Waals surface area contributed by atoms with Gasteiger partial charge in [0.05, 0.1) is 11.6 Å². The maximum atomic E-state index is 12.9. The van der Waals surface area contributed by atoms with Gasteiger partial charge in [0.15, 0.2) is 0 Å². The van der Waals surface area contributed by atoms with Crippen LogP contribution in [0.4, 0.5) is 0 Å². The van der Waals surface area contributed by atoms with Gasteiger partial charge in [0.1, 0.15) is 4.90 Å². The number of sulfonamides is 1. The van der Waals surface area contributed by atoms with Gasteiger partial charge in [0.2, 0.25) is 15.9 Å². The van der Waals surface area contributed by atoms with Crippen molar-refractivity contribution in [2.45, 2.75) is 57.5 Å². The molecule has 2 saturated heterocycles. The molecule has 3 rings (SSSR count). The van der Waals surface area contributed by atoms with Crippen molar-refractivity contribution in [3.8, 4) is 0 Å². The molecule has 7 nitrogen and oxygen atoms in total. The van der Waals surface area contributed by atoms with Crippen LogP contribution in [0.1, 0.15) is 40.0 Å². The molecule has 2 aliphatic heterocycles. The van der Waals surface area contributed by atoms with Crippen molar-refractivity contribution in [3.63, 3.8) is 0 Å². The largest absolute Gasteiger partial charge is 0.340 e. The minimum absolute atomic E-state index is 0.116. The highest BCUT2D eigenvalue weighted by molar-refractivity contribution is 7.89. The average Bonchev–Trinajstić information content (AvgIpc) is 3.18. The second kappa shape index (κ2) is 6.15. The molecular formula is C16H26N4O3S. The molecule has 0 bridgehead atoms. The van der Waals surface area contributed by atoms with Gasteiger partial charge in [-0.2, -0.15) is 9.40 Å². The molecule has 0 saturated carbocycles. The van der Waals surface area contributed by atoms with Crippen LogP contribution in [0.25, 0.3) is 0 Å². The molecule has 8 heteroatoms. The van der Waals surface area contributed by atoms with Crippen LogP contribution in [0.2, 0.25) is 0 Å². The van der Waals surface area contributed by atoms with Gasteiger partial charge in [-0.3, -0.25) is 9.48 Å². The summed E-state index contributed by atoms with van der Waals surface area (Å²) in [4.78, 5) is 15.0. The van der Waals surface area contributed by atoms with Crippen LogP contribution in [-0.2, 0) is 21.4 Å². The van der Waals surface area contributed by atoms with Gasteiger partial charge in [0.25, 0.3) is 0 Å². The number of aryl methyl sites for hydroxylation is 1. The van der Waals surface area contributed by atoms with E-state index in [2.05, 4.69) is 5.10 Å². The summed E-state index contributed by atoms with van der Waals surface area (Å²) in [5.41, 5.74) is -0.545. The molecule has 2 aliphatic rings. The maximum Gasteiger partial charge on any atom is 0.246 e. The Balaban J connectivity index is 1.83. The Hall–Kier alpha value is -1.41. The number of aromatic nitrogens is 2. The third-order valence-corrected chi connectivity index (χ3v) is 7.08. The number of likely N-dealkylation sites (tertiary alicyclic amines) is 1. The van der Waals surface area contributed by atoms with Crippen molar-refractivity contribution < 1.29 is 13.2 Å². The fraction of sp³-hybridized carbons (Fsp3) is 0.750. The van der Waals surface area contributed by atoms with E-state index in [9.17, 15) is 13.2 Å². The lowest BCUT2D eigenvalue weighted by atomic mass is 9.78. The molecule has 3 heterocycles. The predicted molar refractivity (Wildman–Crippen MR) is 89.8 cm³/mol. The van der Waals surface area contributed by atoms with Gasteiger partial charge >= 0.3 is 0 Å². The standard InChI is InChI=1S/C16H26N4O3S/c1-4-18-11-14(10-17-18)24(22,23)19-9-7-16(12-19)6-5-8-20(13(2)3)15(16)21/h10-11,13H,4-9,12H2,1-3H3/t16-/m1/s1. The third-order valence-electron chi connectivity index (χ3n) is 5.28. The van der Waals surface area contributed by atoms with Crippen LogP contribution in [0, 0.1) is 5.41 Å². The van der Waals surface area contributed by atoms with Crippen molar-refractivity contribution in [2.75, 3.05) is 19.6 Å². The lowest BCUT2D eigenvalue weighted by molar-refractivity contribution is -0.147. The van der Waals surface area contributed by atoms with Crippen molar-refractivity contribution in [1.82, 2.24) is 19.0 Å². The van der Waals surface area contributed by atoms with E-state index < -0.39 is 15.4 Å². The zero-order valence-electron chi connectivity index (χ0n) is 14.6. The SMILES string of the molecule is CCn1cc(S(=O)(=O)N2CC[C@]3(CCCN(C(C)C)C3=O)C2)cn1. The second-order valence-corrected chi connectivity index (χ2v) is 9.03. The summed E-state index contributed by atoms with van der Waals surface area (Å²) in [6, 6.07) is 0.156. The van der Waals surface area contributed by atoms with Gasteiger partial charge in [-0.15, -0.1) is 0 Å². The Bertz CT molecular complexity index is 727. The van der Waals surface area contributed by atoms with E-state index in [-0.39, 0.29) is 23.4 Å². The number of hydrogen-bond acceptors (Lipinski definition) is 4. The number of nitrogens with zero attached hydrogens (tertiary/aromatic N) is 4. The van der Waals surface area contributed by atoms with Crippen LogP contribution >= 0.6 is 0 Å². The van der Waals surface area contributed by atoms with Crippen LogP contribution in [-0.4, -0.2) is 59.0 Å². The highest BCUT2D eigenvalue weighted by Crippen LogP contribution is 2.42. The van der Waals surface area contributed by atoms with E-state index in [4.69, 9.17) is 0 Å². The Morgan fingerprint density at radius 2 is 2.04 bits per heavy atom. The fourth-order valence-electron chi connectivity index (χ4n) is 3.81. The highest BCUT2D eigenvalue weighted by Gasteiger charge is 2.51. The highest BCUT2D eigenvalue weighted by atomic mass is 32.2. The van der Waals surface area contributed by atoms with Crippen molar-refractivity contribution in [1.29, 1.82) is 0 Å². The van der Waals surface area contributed by atoms with E-state index in [1.807, 2.05) is 25.7 Å². The first-order valence-corrected chi connectivity index (χ1v) is 10.1. The molecule has 0 radical (unpaired) electrons. The van der Waals surface area contributed by atoms with Gasteiger partial charge in [-0.25, -0.2) is 8.42 Å². The molecular weight excluding hydrogens is 328 g/mol. The summed E-state index contributed by atoms with van der Waals surface area (Å²) < 4.78 is 28.8. The van der Waals surface area contributed by atoms with E-state index >= 15 is 0 Å². The average molecular weight is 354 g/mol. The number of amides is 1. The Labute approximate surface area is 143 Å². The quantitative estimate of drug-likeness (QED) is 0.817. The van der Waals surface area contributed by atoms with E-state index in [0.29, 0.717) is 19.5 Å². The normalized spacial score (nSPS) is 26.0. The van der Waals surface area contributed by atoms with Crippen molar-refractivity contribution in [2.24, 2.45) is 5.41 Å². The number of rotatable bonds is 4. The first-order valence-electron chi connectivity index (χ1n) is 8.64. The van der Waals surface area contributed by atoms with Gasteiger partial charge in [0, 0.05) is 38.4 Å². The molecule has 134 valence electrons. The van der Waals surface area contributed by atoms with Crippen molar-refractivity contribution in [3.05, 3.63) is 12.4 Å². The second-order valence-electron chi connectivity index (χ2n) is 7.10. The molecule has 1 aromatic heterocycles. The van der Waals surface area contributed by atoms with Crippen LogP contribution < -0.4 is 0 Å². The fourth-order valence-corrected chi connectivity index (χ4v) is 5.29. The number of carbonyl (C=O) groups is 1. The van der Waals surface area contributed by atoms with Gasteiger partial charge < -0.3 is 4.90 Å². The zero-order chi connectivity index (χ0) is 17.5. The van der Waals surface area contributed by atoms with Crippen molar-refractivity contribution >= 4 is 15.9 Å². The van der Waals surface area contributed by atoms with E-state index in [1.54, 1.807) is 10.9 Å². The summed E-state index contributed by atoms with van der Waals surface area (Å²) in [7, 11) is -3.59. The van der Waals surface area contributed by atoms with Crippen LogP contribution in [0.3, 0.4) is 0 Å². The molecule has 1 amide bonds. The molecule has 0 aliphatic carbocycles. The molecule has 2 fully saturated rings. The summed E-state index contributed by atoms with van der Waals surface area (Å²) in [5.74, 6) is 0.116. The minimum atomic E-state index is -3.59. The molecule has 0 N–H and O–H groups in total. The van der Waals surface area contributed by atoms with E-state index in [1.165, 1.54) is 10.5 Å². The molecule has 24 heavy (non-hydrogen) atoms. The summed E-state index contributed by atoms with van der Waals surface area (Å²) >= 11 is 0. The number of piperidine rings is 1. The lowest BCUT2D eigenvalue weighted by Crippen LogP contribution is -2.52. The smallest absolute Gasteiger partial charge is 0.246 e. The number of carbonyl (C=O) groups excluding carboxylic acids is 1. The summed E-state index contributed by atoms with van der Waals surface area (Å²) in [6.07, 6.45) is 5.27. The summed E-state index contributed by atoms with van der Waals surface area (Å²) in [5, 5.41) is 4.06. The Kier molecular flexibility index (Phi) is 4.46. The van der Waals surface area contributed by atoms with Crippen LogP contribution in [0.5, 0.6) is 0 Å². The first kappa shape index (κ1) is 17.4. The van der Waals surface area contributed by atoms with Gasteiger partial charge in [-0.1, -0.05) is 0 Å². The lowest BCUT2D eigenvalue weighted by Gasteiger charge is -2.41. The topological polar surface area (TPSA) is 75.5 Å². The van der Waals surface area contributed by atoms with Gasteiger partial charge in [-0.05, 0) is 40.0 Å². The maximum absolute atomic E-state index is 12.9. The van der Waals surface area contributed by atoms with E-state index in [0.717, 1.165) is 19.4 Å². The van der Waals surface area contributed by atoms with Crippen LogP contribution in [0.15, 0.2) is 17.3 Å². The molecule has 1 atom stereocenters. The summed E-state index contributed by atoms with van der Waals surface area (Å²) in [6.45, 7) is 8.02. The molecule has 1 aromatic rings. The Morgan fingerprint density at radius 1 is 1.29 bits per heavy atom.